The number of hydrogen-bond donors (Lipinski definition) is 6. The summed E-state index contributed by atoms with van der Waals surface area (Å²) >= 11 is 0. The van der Waals surface area contributed by atoms with Gasteiger partial charge in [0.05, 0.1) is 18.6 Å². The van der Waals surface area contributed by atoms with Gasteiger partial charge in [0.2, 0.25) is 0 Å². The van der Waals surface area contributed by atoms with Crippen LogP contribution < -0.4 is 0 Å². The zero-order chi connectivity index (χ0) is 17.8. The number of hydrogen-bond acceptors (Lipinski definition) is 10. The fourth-order valence-corrected chi connectivity index (χ4v) is 1.92. The molecule has 10 heteroatoms. The lowest BCUT2D eigenvalue weighted by molar-refractivity contribution is -0.300. The van der Waals surface area contributed by atoms with Crippen molar-refractivity contribution in [3.05, 3.63) is 0 Å². The average molecular weight is 340 g/mol. The van der Waals surface area contributed by atoms with E-state index in [0.29, 0.717) is 0 Å². The summed E-state index contributed by atoms with van der Waals surface area (Å²) in [6.45, 7) is 1.27. The standard InChI is InChI=1S/C13H24O10/c1-6(15)22-5-13(2,4-14)12(20)21-3-7-8(16)9(17)10(18)11(19)23-7/h7-12,14,16-20H,3-5H2,1-2H3. The van der Waals surface area contributed by atoms with Gasteiger partial charge in [-0.1, -0.05) is 0 Å². The maximum absolute atomic E-state index is 10.8. The first-order chi connectivity index (χ1) is 10.6. The van der Waals surface area contributed by atoms with E-state index in [1.807, 2.05) is 0 Å². The highest BCUT2D eigenvalue weighted by molar-refractivity contribution is 5.65. The lowest BCUT2D eigenvalue weighted by atomic mass is 9.92. The van der Waals surface area contributed by atoms with Crippen LogP contribution in [0, 0.1) is 5.41 Å². The van der Waals surface area contributed by atoms with Gasteiger partial charge in [0.1, 0.15) is 31.0 Å². The summed E-state index contributed by atoms with van der Waals surface area (Å²) in [5, 5.41) is 57.4. The van der Waals surface area contributed by atoms with Crippen LogP contribution >= 0.6 is 0 Å². The topological polar surface area (TPSA) is 166 Å². The van der Waals surface area contributed by atoms with Crippen LogP contribution in [0.4, 0.5) is 0 Å². The Hall–Kier alpha value is -0.850. The third-order valence-electron chi connectivity index (χ3n) is 3.67. The largest absolute Gasteiger partial charge is 0.465 e. The summed E-state index contributed by atoms with van der Waals surface area (Å²) < 4.78 is 14.7. The van der Waals surface area contributed by atoms with Crippen molar-refractivity contribution < 1.29 is 49.6 Å². The van der Waals surface area contributed by atoms with Gasteiger partial charge in [-0.3, -0.25) is 4.79 Å². The maximum atomic E-state index is 10.8. The Morgan fingerprint density at radius 1 is 1.22 bits per heavy atom. The fraction of sp³-hybridized carbons (Fsp3) is 0.923. The highest BCUT2D eigenvalue weighted by Crippen LogP contribution is 2.25. The maximum Gasteiger partial charge on any atom is 0.302 e. The van der Waals surface area contributed by atoms with E-state index in [1.54, 1.807) is 0 Å². The quantitative estimate of drug-likeness (QED) is 0.204. The Morgan fingerprint density at radius 3 is 2.35 bits per heavy atom. The summed E-state index contributed by atoms with van der Waals surface area (Å²) in [7, 11) is 0. The zero-order valence-corrected chi connectivity index (χ0v) is 12.9. The van der Waals surface area contributed by atoms with Gasteiger partial charge in [0.25, 0.3) is 0 Å². The minimum atomic E-state index is -1.72. The van der Waals surface area contributed by atoms with Crippen molar-refractivity contribution in [1.82, 2.24) is 0 Å². The molecule has 0 spiro atoms. The number of esters is 1. The molecular formula is C13H24O10. The molecule has 1 rings (SSSR count). The van der Waals surface area contributed by atoms with Crippen LogP contribution in [0.1, 0.15) is 13.8 Å². The molecular weight excluding hydrogens is 316 g/mol. The van der Waals surface area contributed by atoms with E-state index in [4.69, 9.17) is 14.2 Å². The first kappa shape index (κ1) is 20.2. The third-order valence-corrected chi connectivity index (χ3v) is 3.67. The van der Waals surface area contributed by atoms with Gasteiger partial charge in [0.15, 0.2) is 12.6 Å². The van der Waals surface area contributed by atoms with Crippen molar-refractivity contribution in [1.29, 1.82) is 0 Å². The van der Waals surface area contributed by atoms with E-state index in [2.05, 4.69) is 0 Å². The van der Waals surface area contributed by atoms with Crippen LogP contribution in [0.3, 0.4) is 0 Å². The lowest BCUT2D eigenvalue weighted by Crippen LogP contribution is -2.59. The van der Waals surface area contributed by atoms with Crippen LogP contribution in [0.5, 0.6) is 0 Å². The van der Waals surface area contributed by atoms with Crippen LogP contribution in [0.15, 0.2) is 0 Å². The van der Waals surface area contributed by atoms with E-state index in [0.717, 1.165) is 0 Å². The van der Waals surface area contributed by atoms with Crippen LogP contribution in [-0.2, 0) is 19.0 Å². The van der Waals surface area contributed by atoms with Crippen molar-refractivity contribution in [2.24, 2.45) is 5.41 Å². The molecule has 23 heavy (non-hydrogen) atoms. The zero-order valence-electron chi connectivity index (χ0n) is 12.9. The van der Waals surface area contributed by atoms with Gasteiger partial charge in [-0.05, 0) is 6.92 Å². The molecule has 0 amide bonds. The van der Waals surface area contributed by atoms with Gasteiger partial charge < -0.3 is 44.8 Å². The summed E-state index contributed by atoms with van der Waals surface area (Å²) in [6.07, 6.45) is -9.37. The number of aliphatic hydroxyl groups is 6. The number of rotatable bonds is 7. The average Bonchev–Trinajstić information content (AvgIpc) is 2.52. The van der Waals surface area contributed by atoms with Gasteiger partial charge in [0, 0.05) is 6.92 Å². The minimum Gasteiger partial charge on any atom is -0.465 e. The molecule has 0 aromatic carbocycles. The molecule has 136 valence electrons. The van der Waals surface area contributed by atoms with Crippen LogP contribution in [-0.4, -0.2) is 93.4 Å². The smallest absolute Gasteiger partial charge is 0.302 e. The molecule has 0 bridgehead atoms. The van der Waals surface area contributed by atoms with Crippen molar-refractivity contribution in [2.45, 2.75) is 50.8 Å². The summed E-state index contributed by atoms with van der Waals surface area (Å²) in [5.74, 6) is -0.594. The number of ether oxygens (including phenoxy) is 3. The molecule has 1 aliphatic rings. The molecule has 7 atom stereocenters. The molecule has 0 radical (unpaired) electrons. The molecule has 0 aliphatic carbocycles. The van der Waals surface area contributed by atoms with Gasteiger partial charge in [-0.2, -0.15) is 0 Å². The molecule has 1 aliphatic heterocycles. The second-order valence-corrected chi connectivity index (χ2v) is 5.81. The Balaban J connectivity index is 2.59. The number of carbonyl (C=O) groups excluding carboxylic acids is 1. The predicted molar refractivity (Wildman–Crippen MR) is 72.7 cm³/mol. The first-order valence-corrected chi connectivity index (χ1v) is 7.04. The second kappa shape index (κ2) is 8.31. The molecule has 1 saturated heterocycles. The molecule has 0 aromatic heterocycles. The minimum absolute atomic E-state index is 0.307. The molecule has 0 aromatic rings. The fourth-order valence-electron chi connectivity index (χ4n) is 1.92. The normalized spacial score (nSPS) is 35.4. The molecule has 1 fully saturated rings. The molecule has 1 heterocycles. The number of carbonyl (C=O) groups is 1. The van der Waals surface area contributed by atoms with Gasteiger partial charge in [-0.15, -0.1) is 0 Å². The van der Waals surface area contributed by atoms with Gasteiger partial charge in [-0.25, -0.2) is 0 Å². The summed E-state index contributed by atoms with van der Waals surface area (Å²) in [4.78, 5) is 10.8. The first-order valence-electron chi connectivity index (χ1n) is 7.04. The Morgan fingerprint density at radius 2 is 1.83 bits per heavy atom. The Bertz CT molecular complexity index is 391. The highest BCUT2D eigenvalue weighted by atomic mass is 16.7. The van der Waals surface area contributed by atoms with Crippen molar-refractivity contribution >= 4 is 5.97 Å². The molecule has 0 saturated carbocycles. The predicted octanol–water partition coefficient (Wildman–Crippen LogP) is -3.32. The Labute approximate surface area is 132 Å². The highest BCUT2D eigenvalue weighted by Gasteiger charge is 2.44. The van der Waals surface area contributed by atoms with E-state index >= 15 is 0 Å². The van der Waals surface area contributed by atoms with E-state index < -0.39 is 61.6 Å². The van der Waals surface area contributed by atoms with E-state index in [1.165, 1.54) is 13.8 Å². The van der Waals surface area contributed by atoms with Gasteiger partial charge >= 0.3 is 5.97 Å². The third kappa shape index (κ3) is 5.06. The summed E-state index contributed by atoms with van der Waals surface area (Å²) in [5.41, 5.74) is -1.32. The molecule has 10 nitrogen and oxygen atoms in total. The monoisotopic (exact) mass is 340 g/mol. The summed E-state index contributed by atoms with van der Waals surface area (Å²) in [6, 6.07) is 0. The van der Waals surface area contributed by atoms with Crippen LogP contribution in [0.25, 0.3) is 0 Å². The van der Waals surface area contributed by atoms with Crippen molar-refractivity contribution in [3.63, 3.8) is 0 Å². The van der Waals surface area contributed by atoms with E-state index in [9.17, 15) is 35.4 Å². The van der Waals surface area contributed by atoms with Crippen molar-refractivity contribution in [2.75, 3.05) is 19.8 Å². The SMILES string of the molecule is CC(=O)OCC(C)(CO)C(O)OCC1OC(O)C(O)C(O)C1O. The Kier molecular flexibility index (Phi) is 7.29. The molecule has 6 N–H and O–H groups in total. The van der Waals surface area contributed by atoms with E-state index in [-0.39, 0.29) is 6.61 Å². The van der Waals surface area contributed by atoms with Crippen molar-refractivity contribution in [3.8, 4) is 0 Å². The second-order valence-electron chi connectivity index (χ2n) is 5.81. The van der Waals surface area contributed by atoms with Crippen LogP contribution in [0.2, 0.25) is 0 Å². The number of aliphatic hydroxyl groups excluding tert-OH is 6. The molecule has 7 unspecified atom stereocenters. The lowest BCUT2D eigenvalue weighted by Gasteiger charge is -2.39.